The van der Waals surface area contributed by atoms with E-state index in [1.165, 1.54) is 23.9 Å². The maximum absolute atomic E-state index is 13.1. The third-order valence-electron chi connectivity index (χ3n) is 3.87. The van der Waals surface area contributed by atoms with E-state index in [0.29, 0.717) is 33.8 Å². The van der Waals surface area contributed by atoms with Crippen LogP contribution in [0, 0.1) is 0 Å². The molecule has 0 atom stereocenters. The number of alkyl halides is 4. The molecule has 0 radical (unpaired) electrons. The first-order chi connectivity index (χ1) is 12.8. The maximum atomic E-state index is 13.1. The molecule has 0 saturated heterocycles. The monoisotopic (exact) mass is 461 g/mol. The summed E-state index contributed by atoms with van der Waals surface area (Å²) < 4.78 is 46.2. The predicted octanol–water partition coefficient (Wildman–Crippen LogP) is 4.72. The number of hydrogen-bond acceptors (Lipinski definition) is 5. The second-order valence-corrected chi connectivity index (χ2v) is 7.48. The molecule has 0 N–H and O–H groups in total. The first-order valence-electron chi connectivity index (χ1n) is 8.04. The Kier molecular flexibility index (Phi) is 5.85. The Morgan fingerprint density at radius 2 is 2.00 bits per heavy atom. The van der Waals surface area contributed by atoms with Crippen molar-refractivity contribution in [1.29, 1.82) is 0 Å². The van der Waals surface area contributed by atoms with E-state index >= 15 is 0 Å². The van der Waals surface area contributed by atoms with Gasteiger partial charge in [-0.2, -0.15) is 18.3 Å². The second-order valence-electron chi connectivity index (χ2n) is 5.69. The number of aryl methyl sites for hydroxylation is 1. The maximum Gasteiger partial charge on any atom is 0.443 e. The van der Waals surface area contributed by atoms with Crippen molar-refractivity contribution in [2.45, 2.75) is 25.6 Å². The molecular formula is C17H15BrF3N3O2S. The molecule has 27 heavy (non-hydrogen) atoms. The summed E-state index contributed by atoms with van der Waals surface area (Å²) in [6.45, 7) is 0.439. The van der Waals surface area contributed by atoms with Gasteiger partial charge in [-0.25, -0.2) is 9.67 Å². The van der Waals surface area contributed by atoms with Crippen molar-refractivity contribution in [2.24, 2.45) is 0 Å². The summed E-state index contributed by atoms with van der Waals surface area (Å²) in [4.78, 5) is 15.7. The van der Waals surface area contributed by atoms with Crippen LogP contribution in [-0.4, -0.2) is 27.2 Å². The lowest BCUT2D eigenvalue weighted by Crippen LogP contribution is -2.22. The van der Waals surface area contributed by atoms with Crippen molar-refractivity contribution in [3.8, 4) is 17.0 Å². The van der Waals surface area contributed by atoms with Gasteiger partial charge in [-0.05, 0) is 31.0 Å². The Morgan fingerprint density at radius 1 is 1.22 bits per heavy atom. The Morgan fingerprint density at radius 3 is 2.67 bits per heavy atom. The third-order valence-corrected chi connectivity index (χ3v) is 5.56. The standard InChI is InChI=1S/C17H15BrF3N3O2S/c1-26-12-6-4-10(15-14(12)22-16(27-15)17(19,20)21)11-5-7-13(25)24(23-11)9-3-2-8-18/h4-7H,2-3,8-9H2,1H3. The lowest BCUT2D eigenvalue weighted by molar-refractivity contribution is -0.137. The summed E-state index contributed by atoms with van der Waals surface area (Å²) in [6.07, 6.45) is -2.90. The minimum atomic E-state index is -4.55. The van der Waals surface area contributed by atoms with Crippen molar-refractivity contribution >= 4 is 37.5 Å². The minimum absolute atomic E-state index is 0.131. The van der Waals surface area contributed by atoms with Crippen LogP contribution in [0.4, 0.5) is 13.2 Å². The van der Waals surface area contributed by atoms with Crippen LogP contribution in [0.5, 0.6) is 5.75 Å². The van der Waals surface area contributed by atoms with Crippen LogP contribution in [0.2, 0.25) is 0 Å². The number of rotatable bonds is 6. The number of aromatic nitrogens is 3. The van der Waals surface area contributed by atoms with Gasteiger partial charge in [-0.15, -0.1) is 11.3 Å². The van der Waals surface area contributed by atoms with Crippen LogP contribution >= 0.6 is 27.3 Å². The van der Waals surface area contributed by atoms with Crippen molar-refractivity contribution < 1.29 is 17.9 Å². The van der Waals surface area contributed by atoms with E-state index in [-0.39, 0.29) is 16.8 Å². The molecule has 3 aromatic rings. The first-order valence-corrected chi connectivity index (χ1v) is 9.98. The highest BCUT2D eigenvalue weighted by Crippen LogP contribution is 2.42. The first kappa shape index (κ1) is 19.8. The molecule has 2 heterocycles. The minimum Gasteiger partial charge on any atom is -0.494 e. The van der Waals surface area contributed by atoms with E-state index in [4.69, 9.17) is 4.74 Å². The molecule has 0 fully saturated rings. The molecule has 0 saturated carbocycles. The van der Waals surface area contributed by atoms with Gasteiger partial charge in [-0.3, -0.25) is 4.79 Å². The molecular weight excluding hydrogens is 447 g/mol. The van der Waals surface area contributed by atoms with Gasteiger partial charge in [0.15, 0.2) is 5.01 Å². The Bertz CT molecular complexity index is 1020. The van der Waals surface area contributed by atoms with Crippen molar-refractivity contribution in [3.63, 3.8) is 0 Å². The molecule has 3 rings (SSSR count). The topological polar surface area (TPSA) is 57.0 Å². The van der Waals surface area contributed by atoms with Crippen molar-refractivity contribution in [2.75, 3.05) is 12.4 Å². The molecule has 0 aliphatic heterocycles. The highest BCUT2D eigenvalue weighted by molar-refractivity contribution is 9.09. The van der Waals surface area contributed by atoms with E-state index in [1.807, 2.05) is 0 Å². The number of nitrogens with zero attached hydrogens (tertiary/aromatic N) is 3. The average Bonchev–Trinajstić information content (AvgIpc) is 3.08. The molecule has 1 aromatic carbocycles. The summed E-state index contributed by atoms with van der Waals surface area (Å²) in [6, 6.07) is 6.07. The van der Waals surface area contributed by atoms with Gasteiger partial charge in [-0.1, -0.05) is 15.9 Å². The number of fused-ring (bicyclic) bond motifs is 1. The largest absolute Gasteiger partial charge is 0.494 e. The van der Waals surface area contributed by atoms with Gasteiger partial charge >= 0.3 is 6.18 Å². The van der Waals surface area contributed by atoms with Crippen LogP contribution in [0.15, 0.2) is 29.1 Å². The van der Waals surface area contributed by atoms with Crippen LogP contribution in [-0.2, 0) is 12.7 Å². The highest BCUT2D eigenvalue weighted by atomic mass is 79.9. The second kappa shape index (κ2) is 7.97. The zero-order chi connectivity index (χ0) is 19.6. The van der Waals surface area contributed by atoms with Crippen molar-refractivity contribution in [1.82, 2.24) is 14.8 Å². The van der Waals surface area contributed by atoms with Crippen molar-refractivity contribution in [3.05, 3.63) is 39.6 Å². The molecule has 10 heteroatoms. The smallest absolute Gasteiger partial charge is 0.443 e. The van der Waals surface area contributed by atoms with Crippen LogP contribution in [0.25, 0.3) is 21.5 Å². The van der Waals surface area contributed by atoms with E-state index in [2.05, 4.69) is 26.0 Å². The lowest BCUT2D eigenvalue weighted by atomic mass is 10.1. The fourth-order valence-corrected chi connectivity index (χ4v) is 3.95. The van der Waals surface area contributed by atoms with E-state index in [0.717, 1.165) is 18.2 Å². The van der Waals surface area contributed by atoms with E-state index in [9.17, 15) is 18.0 Å². The number of halogens is 4. The number of thiazole rings is 1. The summed E-state index contributed by atoms with van der Waals surface area (Å²) >= 11 is 3.87. The Labute approximate surface area is 164 Å². The van der Waals surface area contributed by atoms with Gasteiger partial charge in [0.2, 0.25) is 0 Å². The quantitative estimate of drug-likeness (QED) is 0.393. The summed E-state index contributed by atoms with van der Waals surface area (Å²) in [7, 11) is 1.38. The van der Waals surface area contributed by atoms with Crippen LogP contribution in [0.3, 0.4) is 0 Å². The molecule has 0 spiro atoms. The molecule has 0 aliphatic rings. The zero-order valence-corrected chi connectivity index (χ0v) is 16.6. The molecule has 0 unspecified atom stereocenters. The fraction of sp³-hybridized carbons (Fsp3) is 0.353. The summed E-state index contributed by atoms with van der Waals surface area (Å²) in [5.74, 6) is 0.256. The summed E-state index contributed by atoms with van der Waals surface area (Å²) in [5.41, 5.74) is 0.774. The molecule has 5 nitrogen and oxygen atoms in total. The number of methoxy groups -OCH3 is 1. The van der Waals surface area contributed by atoms with Gasteiger partial charge in [0.1, 0.15) is 11.3 Å². The van der Waals surface area contributed by atoms with E-state index in [1.54, 1.807) is 12.1 Å². The van der Waals surface area contributed by atoms with Crippen LogP contribution < -0.4 is 10.3 Å². The number of unbranched alkanes of at least 4 members (excludes halogenated alkanes) is 1. The summed E-state index contributed by atoms with van der Waals surface area (Å²) in [5, 5.41) is 4.21. The molecule has 0 amide bonds. The number of hydrogen-bond donors (Lipinski definition) is 0. The Hall–Kier alpha value is -1.94. The van der Waals surface area contributed by atoms with Gasteiger partial charge < -0.3 is 4.74 Å². The zero-order valence-electron chi connectivity index (χ0n) is 14.2. The molecule has 144 valence electrons. The SMILES string of the molecule is COc1ccc(-c2ccc(=O)n(CCCCBr)n2)c2sc(C(F)(F)F)nc12. The average molecular weight is 462 g/mol. The van der Waals surface area contributed by atoms with Gasteiger partial charge in [0.25, 0.3) is 5.56 Å². The van der Waals surface area contributed by atoms with Gasteiger partial charge in [0.05, 0.1) is 17.5 Å². The van der Waals surface area contributed by atoms with E-state index < -0.39 is 11.2 Å². The molecule has 0 aliphatic carbocycles. The molecule has 2 aromatic heterocycles. The Balaban J connectivity index is 2.13. The number of benzene rings is 1. The molecule has 0 bridgehead atoms. The lowest BCUT2D eigenvalue weighted by Gasteiger charge is -2.08. The third kappa shape index (κ3) is 4.16. The predicted molar refractivity (Wildman–Crippen MR) is 102 cm³/mol. The normalized spacial score (nSPS) is 11.9. The highest BCUT2D eigenvalue weighted by Gasteiger charge is 2.36. The van der Waals surface area contributed by atoms with Gasteiger partial charge in [0, 0.05) is 23.5 Å². The number of ether oxygens (including phenoxy) is 1. The fourth-order valence-electron chi connectivity index (χ4n) is 2.58. The van der Waals surface area contributed by atoms with Crippen LogP contribution in [0.1, 0.15) is 17.8 Å².